The number of carboxylic acid groups (broad SMARTS) is 1. The van der Waals surface area contributed by atoms with Crippen LogP contribution in [0.25, 0.3) is 21.6 Å². The van der Waals surface area contributed by atoms with Crippen LogP contribution in [0.1, 0.15) is 77.0 Å². The lowest BCUT2D eigenvalue weighted by Crippen LogP contribution is -2.52. The van der Waals surface area contributed by atoms with E-state index in [-0.39, 0.29) is 43.1 Å². The zero-order valence-corrected chi connectivity index (χ0v) is 29.3. The lowest BCUT2D eigenvalue weighted by Gasteiger charge is -2.30. The molecule has 1 aromatic carbocycles. The number of carbonyl (C=O) groups is 4. The minimum Gasteiger partial charge on any atom is -0.479 e. The second-order valence-corrected chi connectivity index (χ2v) is 15.3. The first-order valence-electron chi connectivity index (χ1n) is 18.1. The summed E-state index contributed by atoms with van der Waals surface area (Å²) in [6.07, 6.45) is 7.96. The highest BCUT2D eigenvalue weighted by atomic mass is 32.1. The summed E-state index contributed by atoms with van der Waals surface area (Å²) in [5.41, 5.74) is 0.726. The summed E-state index contributed by atoms with van der Waals surface area (Å²) < 4.78 is 12.2. The van der Waals surface area contributed by atoms with Crippen LogP contribution in [0, 0.1) is 11.3 Å². The molecule has 1 saturated heterocycles. The van der Waals surface area contributed by atoms with Gasteiger partial charge in [-0.25, -0.2) is 19.6 Å². The molecule has 2 aromatic heterocycles. The number of nitrogens with zero attached hydrogens (tertiary/aromatic N) is 3. The molecule has 270 valence electrons. The fraction of sp³-hybridized carbons (Fsp3) is 0.526. The van der Waals surface area contributed by atoms with Gasteiger partial charge >= 0.3 is 12.1 Å². The Bertz CT molecular complexity index is 1790. The average molecular weight is 717 g/mol. The van der Waals surface area contributed by atoms with E-state index in [1.807, 2.05) is 53.9 Å². The van der Waals surface area contributed by atoms with Crippen molar-refractivity contribution in [3.05, 3.63) is 53.9 Å². The molecule has 3 N–H and O–H groups in total. The number of alkyl carbamates (subject to hydrolysis) is 1. The van der Waals surface area contributed by atoms with E-state index in [1.165, 1.54) is 16.2 Å². The standard InChI is InChI=1S/C38H44N4O8S/c43-30-21-38(33(44)36(46)47)20-23(38)11-4-2-1-3-5-16-28(41-37(48)50-24-12-6-7-13-24)35(45)42-22-25(19-29(30)42)49-34-32(31-17-10-18-51-31)39-26-14-8-9-15-27(26)40-34/h4,8-11,14-15,17-18,23-25,28-29,33,44H,1-3,5-7,12-13,16,19-22H2,(H,41,48)(H,46,47)/b11-4-/t23?,25-,28+,29+,33?,38-/m1/s1. The van der Waals surface area contributed by atoms with Crippen molar-refractivity contribution in [3.63, 3.8) is 0 Å². The Hall–Kier alpha value is -4.36. The van der Waals surface area contributed by atoms with Crippen LogP contribution >= 0.6 is 11.3 Å². The third-order valence-electron chi connectivity index (χ3n) is 10.8. The fourth-order valence-corrected chi connectivity index (χ4v) is 8.69. The first kappa shape index (κ1) is 35.1. The Morgan fingerprint density at radius 1 is 0.980 bits per heavy atom. The normalized spacial score (nSPS) is 28.6. The van der Waals surface area contributed by atoms with Crippen molar-refractivity contribution in [2.24, 2.45) is 11.3 Å². The minimum absolute atomic E-state index is 0.0430. The molecule has 3 fully saturated rings. The Morgan fingerprint density at radius 3 is 2.49 bits per heavy atom. The monoisotopic (exact) mass is 716 g/mol. The van der Waals surface area contributed by atoms with Crippen molar-refractivity contribution < 1.29 is 38.9 Å². The predicted molar refractivity (Wildman–Crippen MR) is 189 cm³/mol. The molecule has 12 nitrogen and oxygen atoms in total. The Morgan fingerprint density at radius 2 is 1.75 bits per heavy atom. The summed E-state index contributed by atoms with van der Waals surface area (Å²) in [6.45, 7) is 0.0430. The van der Waals surface area contributed by atoms with Gasteiger partial charge in [-0.15, -0.1) is 11.3 Å². The van der Waals surface area contributed by atoms with Crippen LogP contribution < -0.4 is 10.1 Å². The van der Waals surface area contributed by atoms with Crippen molar-refractivity contribution in [1.29, 1.82) is 0 Å². The second-order valence-electron chi connectivity index (χ2n) is 14.3. The van der Waals surface area contributed by atoms with E-state index < -0.39 is 47.7 Å². The van der Waals surface area contributed by atoms with Crippen molar-refractivity contribution in [2.45, 2.75) is 107 Å². The molecule has 2 saturated carbocycles. The van der Waals surface area contributed by atoms with Gasteiger partial charge < -0.3 is 29.9 Å². The maximum atomic E-state index is 14.5. The lowest BCUT2D eigenvalue weighted by atomic mass is 9.87. The molecular weight excluding hydrogens is 673 g/mol. The highest BCUT2D eigenvalue weighted by molar-refractivity contribution is 7.13. The van der Waals surface area contributed by atoms with Crippen molar-refractivity contribution in [3.8, 4) is 16.5 Å². The number of para-hydroxylation sites is 2. The number of thiophene rings is 1. The molecule has 0 radical (unpaired) electrons. The Balaban J connectivity index is 1.20. The number of fused-ring (bicyclic) bond motifs is 3. The molecule has 3 aromatic rings. The molecule has 7 rings (SSSR count). The molecule has 0 bridgehead atoms. The number of hydrogen-bond donors (Lipinski definition) is 3. The maximum Gasteiger partial charge on any atom is 0.408 e. The summed E-state index contributed by atoms with van der Waals surface area (Å²) >= 11 is 1.49. The zero-order chi connectivity index (χ0) is 35.5. The molecule has 2 amide bonds. The van der Waals surface area contributed by atoms with Crippen molar-refractivity contribution in [1.82, 2.24) is 20.2 Å². The van der Waals surface area contributed by atoms with E-state index in [0.29, 0.717) is 36.0 Å². The number of Topliss-reactive ketones (excluding diaryl/α,β-unsaturated/α-hetero) is 1. The molecule has 0 spiro atoms. The number of rotatable bonds is 7. The summed E-state index contributed by atoms with van der Waals surface area (Å²) in [5.74, 6) is -2.13. The third-order valence-corrected chi connectivity index (χ3v) is 11.7. The summed E-state index contributed by atoms with van der Waals surface area (Å²) in [6, 6.07) is 9.41. The number of aliphatic hydroxyl groups is 1. The van der Waals surface area contributed by atoms with E-state index in [0.717, 1.165) is 49.8 Å². The number of amides is 2. The van der Waals surface area contributed by atoms with E-state index in [2.05, 4.69) is 5.32 Å². The first-order valence-corrected chi connectivity index (χ1v) is 18.9. The van der Waals surface area contributed by atoms with Gasteiger partial charge in [-0.05, 0) is 80.9 Å². The van der Waals surface area contributed by atoms with Crippen molar-refractivity contribution in [2.75, 3.05) is 6.54 Å². The fourth-order valence-electron chi connectivity index (χ4n) is 7.98. The van der Waals surface area contributed by atoms with Crippen LogP contribution in [0.2, 0.25) is 0 Å². The molecule has 13 heteroatoms. The number of aliphatic carboxylic acids is 1. The number of aromatic nitrogens is 2. The molecule has 4 aliphatic rings. The third kappa shape index (κ3) is 7.64. The SMILES string of the molecule is O=C(N[C@H]1CCCCC/C=C\C2C[C@@]2(C(O)C(=O)O)CC(=O)[C@@H]2C[C@@H](Oc3nc4ccccc4nc3-c3cccs3)CN2C1=O)OC1CCCC1. The summed E-state index contributed by atoms with van der Waals surface area (Å²) in [4.78, 5) is 65.9. The molecule has 2 unspecified atom stereocenters. The zero-order valence-electron chi connectivity index (χ0n) is 28.4. The number of benzene rings is 1. The highest BCUT2D eigenvalue weighted by Crippen LogP contribution is 2.59. The van der Waals surface area contributed by atoms with Crippen LogP contribution in [-0.2, 0) is 19.1 Å². The van der Waals surface area contributed by atoms with Crippen LogP contribution in [0.4, 0.5) is 4.79 Å². The number of carbonyl (C=O) groups excluding carboxylic acids is 3. The van der Waals surface area contributed by atoms with Crippen LogP contribution in [0.15, 0.2) is 53.9 Å². The van der Waals surface area contributed by atoms with Gasteiger partial charge in [-0.3, -0.25) is 9.59 Å². The van der Waals surface area contributed by atoms with Gasteiger partial charge in [-0.1, -0.05) is 43.2 Å². The Kier molecular flexibility index (Phi) is 10.4. The van der Waals surface area contributed by atoms with Gasteiger partial charge in [0, 0.05) is 18.3 Å². The smallest absolute Gasteiger partial charge is 0.408 e. The van der Waals surface area contributed by atoms with Gasteiger partial charge in [0.1, 0.15) is 23.9 Å². The first-order chi connectivity index (χ1) is 24.7. The topological polar surface area (TPSA) is 168 Å². The van der Waals surface area contributed by atoms with Crippen LogP contribution in [0.5, 0.6) is 5.88 Å². The molecule has 2 aliphatic carbocycles. The van der Waals surface area contributed by atoms with E-state index in [4.69, 9.17) is 19.4 Å². The van der Waals surface area contributed by atoms with Gasteiger partial charge in [-0.2, -0.15) is 0 Å². The number of hydrogen-bond acceptors (Lipinski definition) is 10. The largest absolute Gasteiger partial charge is 0.479 e. The van der Waals surface area contributed by atoms with E-state index in [9.17, 15) is 29.4 Å². The number of ether oxygens (including phenoxy) is 2. The lowest BCUT2D eigenvalue weighted by molar-refractivity contribution is -0.152. The van der Waals surface area contributed by atoms with Gasteiger partial charge in [0.15, 0.2) is 11.9 Å². The molecule has 2 aliphatic heterocycles. The number of aliphatic hydroxyl groups excluding tert-OH is 1. The maximum absolute atomic E-state index is 14.5. The predicted octanol–water partition coefficient (Wildman–Crippen LogP) is 5.68. The van der Waals surface area contributed by atoms with Gasteiger partial charge in [0.25, 0.3) is 0 Å². The van der Waals surface area contributed by atoms with Crippen molar-refractivity contribution >= 4 is 46.1 Å². The number of ketones is 1. The molecule has 6 atom stereocenters. The molecular formula is C38H44N4O8S. The number of nitrogens with one attached hydrogen (secondary N) is 1. The number of allylic oxidation sites excluding steroid dienone is 2. The highest BCUT2D eigenvalue weighted by Gasteiger charge is 2.61. The average Bonchev–Trinajstić information content (AvgIpc) is 3.62. The summed E-state index contributed by atoms with van der Waals surface area (Å²) in [5, 5.41) is 25.4. The minimum atomic E-state index is -1.73. The second kappa shape index (κ2) is 15.1. The van der Waals surface area contributed by atoms with E-state index in [1.54, 1.807) is 0 Å². The van der Waals surface area contributed by atoms with Gasteiger partial charge in [0.05, 0.1) is 28.5 Å². The number of carboxylic acids is 1. The summed E-state index contributed by atoms with van der Waals surface area (Å²) in [7, 11) is 0. The quantitative estimate of drug-likeness (QED) is 0.259. The van der Waals surface area contributed by atoms with Gasteiger partial charge in [0.2, 0.25) is 11.8 Å². The molecule has 51 heavy (non-hydrogen) atoms. The molecule has 4 heterocycles. The van der Waals surface area contributed by atoms with Crippen LogP contribution in [0.3, 0.4) is 0 Å². The van der Waals surface area contributed by atoms with Crippen LogP contribution in [-0.4, -0.2) is 85.8 Å². The van der Waals surface area contributed by atoms with E-state index >= 15 is 0 Å². The Labute approximate surface area is 300 Å².